The number of halogens is 3. The number of anilines is 1. The molecule has 1 aromatic carbocycles. The second-order valence-corrected chi connectivity index (χ2v) is 4.85. The standard InChI is InChI=1S/C13H14ClF2N/c1-2-10(9-6-13(15,16)7-9)8-3-4-11(14)12(17)5-8/h2-5,9H,6-7,17H2,1H3/b10-2-. The molecule has 1 aliphatic rings. The molecule has 92 valence electrons. The Hall–Kier alpha value is -1.09. The van der Waals surface area contributed by atoms with Crippen LogP contribution in [0.25, 0.3) is 5.57 Å². The third kappa shape index (κ3) is 2.44. The summed E-state index contributed by atoms with van der Waals surface area (Å²) < 4.78 is 25.7. The SMILES string of the molecule is C/C=C(/c1ccc(Cl)c(N)c1)C1CC(F)(F)C1. The van der Waals surface area contributed by atoms with Gasteiger partial charge in [-0.25, -0.2) is 8.78 Å². The van der Waals surface area contributed by atoms with Crippen molar-refractivity contribution in [3.63, 3.8) is 0 Å². The van der Waals surface area contributed by atoms with Crippen molar-refractivity contribution in [2.75, 3.05) is 5.73 Å². The average Bonchev–Trinajstić information content (AvgIpc) is 2.21. The maximum Gasteiger partial charge on any atom is 0.249 e. The van der Waals surface area contributed by atoms with Gasteiger partial charge in [-0.15, -0.1) is 0 Å². The fraction of sp³-hybridized carbons (Fsp3) is 0.385. The third-order valence-electron chi connectivity index (χ3n) is 3.17. The first-order valence-corrected chi connectivity index (χ1v) is 5.90. The molecule has 1 aliphatic carbocycles. The summed E-state index contributed by atoms with van der Waals surface area (Å²) in [6.45, 7) is 1.86. The molecular formula is C13H14ClF2N. The van der Waals surface area contributed by atoms with Crippen molar-refractivity contribution < 1.29 is 8.78 Å². The summed E-state index contributed by atoms with van der Waals surface area (Å²) in [7, 11) is 0. The molecule has 4 heteroatoms. The number of alkyl halides is 2. The lowest BCUT2D eigenvalue weighted by Gasteiger charge is -2.36. The van der Waals surface area contributed by atoms with Crippen LogP contribution in [-0.2, 0) is 0 Å². The Morgan fingerprint density at radius 1 is 1.47 bits per heavy atom. The van der Waals surface area contributed by atoms with E-state index in [-0.39, 0.29) is 18.8 Å². The van der Waals surface area contributed by atoms with Gasteiger partial charge in [-0.3, -0.25) is 0 Å². The Kier molecular flexibility index (Phi) is 3.13. The zero-order valence-corrected chi connectivity index (χ0v) is 10.3. The highest BCUT2D eigenvalue weighted by Crippen LogP contribution is 2.48. The van der Waals surface area contributed by atoms with Gasteiger partial charge in [-0.2, -0.15) is 0 Å². The minimum atomic E-state index is -2.50. The molecule has 2 N–H and O–H groups in total. The number of nitrogens with two attached hydrogens (primary N) is 1. The van der Waals surface area contributed by atoms with Crippen molar-refractivity contribution in [3.05, 3.63) is 34.9 Å². The second-order valence-electron chi connectivity index (χ2n) is 4.44. The van der Waals surface area contributed by atoms with E-state index < -0.39 is 5.92 Å². The van der Waals surface area contributed by atoms with Crippen LogP contribution in [0.15, 0.2) is 24.3 Å². The third-order valence-corrected chi connectivity index (χ3v) is 3.51. The molecule has 17 heavy (non-hydrogen) atoms. The highest BCUT2D eigenvalue weighted by molar-refractivity contribution is 6.33. The molecular weight excluding hydrogens is 244 g/mol. The molecule has 0 saturated heterocycles. The molecule has 0 spiro atoms. The summed E-state index contributed by atoms with van der Waals surface area (Å²) in [5.41, 5.74) is 8.01. The van der Waals surface area contributed by atoms with Gasteiger partial charge in [0.05, 0.1) is 10.7 Å². The number of hydrogen-bond acceptors (Lipinski definition) is 1. The van der Waals surface area contributed by atoms with Gasteiger partial charge in [0.1, 0.15) is 0 Å². The maximum atomic E-state index is 12.9. The second kappa shape index (κ2) is 4.30. The normalized spacial score (nSPS) is 20.1. The van der Waals surface area contributed by atoms with Gasteiger partial charge in [0.2, 0.25) is 5.92 Å². The fourth-order valence-electron chi connectivity index (χ4n) is 2.24. The van der Waals surface area contributed by atoms with Crippen LogP contribution in [0.4, 0.5) is 14.5 Å². The molecule has 0 radical (unpaired) electrons. The lowest BCUT2D eigenvalue weighted by Crippen LogP contribution is -2.35. The number of rotatable bonds is 2. The van der Waals surface area contributed by atoms with E-state index in [1.165, 1.54) is 0 Å². The zero-order valence-electron chi connectivity index (χ0n) is 9.51. The van der Waals surface area contributed by atoms with E-state index in [2.05, 4.69) is 0 Å². The summed E-state index contributed by atoms with van der Waals surface area (Å²) >= 11 is 5.84. The van der Waals surface area contributed by atoms with E-state index in [4.69, 9.17) is 17.3 Å². The van der Waals surface area contributed by atoms with Gasteiger partial charge in [0, 0.05) is 12.8 Å². The van der Waals surface area contributed by atoms with Gasteiger partial charge >= 0.3 is 0 Å². The summed E-state index contributed by atoms with van der Waals surface area (Å²) in [5.74, 6) is -2.58. The van der Waals surface area contributed by atoms with Gasteiger partial charge in [-0.1, -0.05) is 23.7 Å². The molecule has 1 fully saturated rings. The van der Waals surface area contributed by atoms with Crippen LogP contribution in [-0.4, -0.2) is 5.92 Å². The smallest absolute Gasteiger partial charge is 0.249 e. The Labute approximate surface area is 104 Å². The highest BCUT2D eigenvalue weighted by atomic mass is 35.5. The first-order valence-electron chi connectivity index (χ1n) is 5.52. The van der Waals surface area contributed by atoms with Crippen LogP contribution in [0.3, 0.4) is 0 Å². The van der Waals surface area contributed by atoms with Gasteiger partial charge in [0.25, 0.3) is 0 Å². The fourth-order valence-corrected chi connectivity index (χ4v) is 2.36. The number of hydrogen-bond donors (Lipinski definition) is 1. The lowest BCUT2D eigenvalue weighted by atomic mass is 9.74. The van der Waals surface area contributed by atoms with E-state index in [1.54, 1.807) is 12.1 Å². The van der Waals surface area contributed by atoms with Crippen LogP contribution >= 0.6 is 11.6 Å². The van der Waals surface area contributed by atoms with Crippen LogP contribution < -0.4 is 5.73 Å². The van der Waals surface area contributed by atoms with Crippen LogP contribution in [0, 0.1) is 5.92 Å². The quantitative estimate of drug-likeness (QED) is 0.782. The van der Waals surface area contributed by atoms with Crippen molar-refractivity contribution in [1.82, 2.24) is 0 Å². The summed E-state index contributed by atoms with van der Waals surface area (Å²) in [5, 5.41) is 0.489. The van der Waals surface area contributed by atoms with Crippen molar-refractivity contribution in [2.45, 2.75) is 25.7 Å². The largest absolute Gasteiger partial charge is 0.398 e. The molecule has 1 saturated carbocycles. The Morgan fingerprint density at radius 2 is 2.12 bits per heavy atom. The first-order chi connectivity index (χ1) is 7.93. The highest BCUT2D eigenvalue weighted by Gasteiger charge is 2.46. The van der Waals surface area contributed by atoms with Crippen LogP contribution in [0.2, 0.25) is 5.02 Å². The van der Waals surface area contributed by atoms with Gasteiger partial charge in [0.15, 0.2) is 0 Å². The number of benzene rings is 1. The monoisotopic (exact) mass is 257 g/mol. The lowest BCUT2D eigenvalue weighted by molar-refractivity contribution is -0.0934. The maximum absolute atomic E-state index is 12.9. The van der Waals surface area contributed by atoms with E-state index in [0.717, 1.165) is 11.1 Å². The summed E-state index contributed by atoms with van der Waals surface area (Å²) in [6.07, 6.45) is 1.73. The van der Waals surface area contributed by atoms with Crippen molar-refractivity contribution in [2.24, 2.45) is 5.92 Å². The molecule has 0 aliphatic heterocycles. The molecule has 0 heterocycles. The minimum absolute atomic E-state index is 0.0735. The molecule has 0 bridgehead atoms. The minimum Gasteiger partial charge on any atom is -0.398 e. The van der Waals surface area contributed by atoms with Crippen molar-refractivity contribution in [1.29, 1.82) is 0 Å². The first kappa shape index (κ1) is 12.4. The molecule has 0 amide bonds. The average molecular weight is 258 g/mol. The van der Waals surface area contributed by atoms with Crippen LogP contribution in [0.5, 0.6) is 0 Å². The Balaban J connectivity index is 2.23. The molecule has 0 aromatic heterocycles. The van der Waals surface area contributed by atoms with Crippen molar-refractivity contribution >= 4 is 22.9 Å². The van der Waals surface area contributed by atoms with E-state index in [0.29, 0.717) is 10.7 Å². The molecule has 2 rings (SSSR count). The zero-order chi connectivity index (χ0) is 12.6. The summed E-state index contributed by atoms with van der Waals surface area (Å²) in [6, 6.07) is 5.27. The number of allylic oxidation sites excluding steroid dienone is 2. The molecule has 1 nitrogen and oxygen atoms in total. The molecule has 0 atom stereocenters. The molecule has 1 aromatic rings. The van der Waals surface area contributed by atoms with Gasteiger partial charge in [-0.05, 0) is 36.1 Å². The van der Waals surface area contributed by atoms with Crippen molar-refractivity contribution in [3.8, 4) is 0 Å². The van der Waals surface area contributed by atoms with Gasteiger partial charge < -0.3 is 5.73 Å². The Morgan fingerprint density at radius 3 is 2.59 bits per heavy atom. The number of nitrogen functional groups attached to an aromatic ring is 1. The predicted molar refractivity (Wildman–Crippen MR) is 67.2 cm³/mol. The topological polar surface area (TPSA) is 26.0 Å². The predicted octanol–water partition coefficient (Wildman–Crippen LogP) is 4.37. The van der Waals surface area contributed by atoms with E-state index in [9.17, 15) is 8.78 Å². The van der Waals surface area contributed by atoms with E-state index in [1.807, 2.05) is 19.1 Å². The molecule has 0 unspecified atom stereocenters. The Bertz CT molecular complexity index is 460. The summed E-state index contributed by atoms with van der Waals surface area (Å²) in [4.78, 5) is 0. The van der Waals surface area contributed by atoms with E-state index >= 15 is 0 Å². The van der Waals surface area contributed by atoms with Crippen LogP contribution in [0.1, 0.15) is 25.3 Å².